The summed E-state index contributed by atoms with van der Waals surface area (Å²) >= 11 is 0. The highest BCUT2D eigenvalue weighted by molar-refractivity contribution is 5.88. The van der Waals surface area contributed by atoms with E-state index in [1.807, 2.05) is 36.4 Å². The Bertz CT molecular complexity index is 974. The van der Waals surface area contributed by atoms with Crippen molar-refractivity contribution in [3.63, 3.8) is 0 Å². The zero-order valence-corrected chi connectivity index (χ0v) is 16.5. The Hall–Kier alpha value is -2.88. The first-order valence-corrected chi connectivity index (χ1v) is 10.0. The lowest BCUT2D eigenvalue weighted by Crippen LogP contribution is -2.41. The first-order chi connectivity index (χ1) is 13.6. The van der Waals surface area contributed by atoms with Crippen molar-refractivity contribution in [3.05, 3.63) is 60.4 Å². The number of aryl methyl sites for hydroxylation is 1. The second-order valence-corrected chi connectivity index (χ2v) is 7.47. The van der Waals surface area contributed by atoms with Crippen LogP contribution in [0, 0.1) is 6.92 Å². The number of benzene rings is 2. The van der Waals surface area contributed by atoms with Gasteiger partial charge in [0.2, 0.25) is 5.91 Å². The van der Waals surface area contributed by atoms with Gasteiger partial charge in [-0.15, -0.1) is 0 Å². The van der Waals surface area contributed by atoms with Crippen LogP contribution in [-0.4, -0.2) is 35.0 Å². The molecule has 1 amide bonds. The Morgan fingerprint density at radius 2 is 1.79 bits per heavy atom. The third-order valence-electron chi connectivity index (χ3n) is 5.55. The molecule has 0 N–H and O–H groups in total. The fraction of sp³-hybridized carbons (Fsp3) is 0.333. The third kappa shape index (κ3) is 3.86. The van der Waals surface area contributed by atoms with Crippen molar-refractivity contribution in [1.82, 2.24) is 9.88 Å². The molecule has 0 spiro atoms. The van der Waals surface area contributed by atoms with Crippen LogP contribution in [0.15, 0.2) is 54.9 Å². The van der Waals surface area contributed by atoms with Crippen molar-refractivity contribution in [2.45, 2.75) is 39.2 Å². The number of carbonyl (C=O) groups is 1. The Kier molecular flexibility index (Phi) is 5.29. The maximum atomic E-state index is 11.8. The molecule has 0 atom stereocenters. The molecule has 1 fully saturated rings. The van der Waals surface area contributed by atoms with Gasteiger partial charge in [-0.25, -0.2) is 0 Å². The first kappa shape index (κ1) is 18.5. The van der Waals surface area contributed by atoms with Gasteiger partial charge in [-0.05, 0) is 47.2 Å². The molecule has 0 aliphatic carbocycles. The smallest absolute Gasteiger partial charge is 0.222 e. The van der Waals surface area contributed by atoms with Crippen LogP contribution in [0.4, 0.5) is 0 Å². The van der Waals surface area contributed by atoms with Crippen LogP contribution in [0.1, 0.15) is 31.7 Å². The van der Waals surface area contributed by atoms with Gasteiger partial charge >= 0.3 is 0 Å². The highest BCUT2D eigenvalue weighted by atomic mass is 16.5. The van der Waals surface area contributed by atoms with E-state index in [-0.39, 0.29) is 12.0 Å². The lowest BCUT2D eigenvalue weighted by molar-refractivity contribution is -0.132. The molecule has 1 aromatic heterocycles. The number of amides is 1. The molecule has 144 valence electrons. The van der Waals surface area contributed by atoms with Gasteiger partial charge in [-0.3, -0.25) is 9.78 Å². The van der Waals surface area contributed by atoms with E-state index in [0.29, 0.717) is 6.42 Å². The number of aromatic nitrogens is 1. The number of ether oxygens (including phenoxy) is 1. The fourth-order valence-electron chi connectivity index (χ4n) is 3.87. The van der Waals surface area contributed by atoms with Gasteiger partial charge in [0.15, 0.2) is 0 Å². The van der Waals surface area contributed by atoms with Gasteiger partial charge in [0.25, 0.3) is 0 Å². The minimum absolute atomic E-state index is 0.182. The number of fused-ring (bicyclic) bond motifs is 1. The number of piperidine rings is 1. The maximum absolute atomic E-state index is 11.8. The first-order valence-electron chi connectivity index (χ1n) is 10.0. The molecule has 4 heteroatoms. The SMILES string of the molecule is CCC(=O)N1CCC(Oc2ccc(-c3ccc4c(C)cncc4c3)cc2)CC1. The average molecular weight is 374 g/mol. The molecule has 2 heterocycles. The van der Waals surface area contributed by atoms with Crippen LogP contribution in [-0.2, 0) is 4.79 Å². The molecular formula is C24H26N2O2. The topological polar surface area (TPSA) is 42.4 Å². The van der Waals surface area contributed by atoms with Crippen molar-refractivity contribution in [2.24, 2.45) is 0 Å². The number of hydrogen-bond acceptors (Lipinski definition) is 3. The number of likely N-dealkylation sites (tertiary alicyclic amines) is 1. The number of hydrogen-bond donors (Lipinski definition) is 0. The lowest BCUT2D eigenvalue weighted by atomic mass is 10.0. The van der Waals surface area contributed by atoms with Crippen LogP contribution >= 0.6 is 0 Å². The Morgan fingerprint density at radius 1 is 1.07 bits per heavy atom. The molecule has 0 saturated carbocycles. The molecule has 0 unspecified atom stereocenters. The number of rotatable bonds is 4. The van der Waals surface area contributed by atoms with Crippen LogP contribution in [0.25, 0.3) is 21.9 Å². The van der Waals surface area contributed by atoms with E-state index in [0.717, 1.165) is 37.1 Å². The summed E-state index contributed by atoms with van der Waals surface area (Å²) in [5, 5.41) is 2.40. The molecule has 2 aromatic carbocycles. The van der Waals surface area contributed by atoms with Crippen molar-refractivity contribution >= 4 is 16.7 Å². The summed E-state index contributed by atoms with van der Waals surface area (Å²) in [4.78, 5) is 18.0. The second kappa shape index (κ2) is 8.01. The summed E-state index contributed by atoms with van der Waals surface area (Å²) in [7, 11) is 0. The van der Waals surface area contributed by atoms with E-state index in [9.17, 15) is 4.79 Å². The molecule has 3 aromatic rings. The summed E-state index contributed by atoms with van der Waals surface area (Å²) in [6, 6.07) is 14.8. The molecule has 1 aliphatic heterocycles. The number of carbonyl (C=O) groups excluding carboxylic acids is 1. The number of nitrogens with zero attached hydrogens (tertiary/aromatic N) is 2. The van der Waals surface area contributed by atoms with Crippen molar-refractivity contribution in [1.29, 1.82) is 0 Å². The minimum Gasteiger partial charge on any atom is -0.490 e. The third-order valence-corrected chi connectivity index (χ3v) is 5.55. The van der Waals surface area contributed by atoms with Crippen LogP contribution in [0.3, 0.4) is 0 Å². The van der Waals surface area contributed by atoms with E-state index in [1.54, 1.807) is 0 Å². The van der Waals surface area contributed by atoms with E-state index in [1.165, 1.54) is 22.1 Å². The predicted molar refractivity (Wildman–Crippen MR) is 112 cm³/mol. The zero-order valence-electron chi connectivity index (χ0n) is 16.5. The Balaban J connectivity index is 1.43. The largest absolute Gasteiger partial charge is 0.490 e. The molecule has 1 aliphatic rings. The molecule has 4 rings (SSSR count). The average Bonchev–Trinajstić information content (AvgIpc) is 2.74. The van der Waals surface area contributed by atoms with Crippen LogP contribution in [0.5, 0.6) is 5.75 Å². The van der Waals surface area contributed by atoms with Gasteiger partial charge in [0, 0.05) is 50.1 Å². The van der Waals surface area contributed by atoms with Crippen molar-refractivity contribution < 1.29 is 9.53 Å². The van der Waals surface area contributed by atoms with E-state index < -0.39 is 0 Å². The fourth-order valence-corrected chi connectivity index (χ4v) is 3.87. The highest BCUT2D eigenvalue weighted by Gasteiger charge is 2.22. The van der Waals surface area contributed by atoms with Gasteiger partial charge in [-0.2, -0.15) is 0 Å². The summed E-state index contributed by atoms with van der Waals surface area (Å²) < 4.78 is 6.15. The lowest BCUT2D eigenvalue weighted by Gasteiger charge is -2.32. The summed E-state index contributed by atoms with van der Waals surface area (Å²) in [5.74, 6) is 1.13. The molecule has 28 heavy (non-hydrogen) atoms. The quantitative estimate of drug-likeness (QED) is 0.646. The van der Waals surface area contributed by atoms with Gasteiger partial charge in [-0.1, -0.05) is 31.2 Å². The normalized spacial score (nSPS) is 15.0. The van der Waals surface area contributed by atoms with Crippen LogP contribution < -0.4 is 4.74 Å². The zero-order chi connectivity index (χ0) is 19.5. The molecule has 1 saturated heterocycles. The molecule has 0 bridgehead atoms. The second-order valence-electron chi connectivity index (χ2n) is 7.47. The highest BCUT2D eigenvalue weighted by Crippen LogP contribution is 2.28. The Morgan fingerprint density at radius 3 is 2.50 bits per heavy atom. The minimum atomic E-state index is 0.182. The summed E-state index contributed by atoms with van der Waals surface area (Å²) in [5.41, 5.74) is 3.54. The van der Waals surface area contributed by atoms with E-state index in [2.05, 4.69) is 42.2 Å². The van der Waals surface area contributed by atoms with Gasteiger partial charge in [0.1, 0.15) is 11.9 Å². The summed E-state index contributed by atoms with van der Waals surface area (Å²) in [6.07, 6.45) is 6.36. The van der Waals surface area contributed by atoms with E-state index in [4.69, 9.17) is 4.74 Å². The predicted octanol–water partition coefficient (Wildman–Crippen LogP) is 4.99. The van der Waals surface area contributed by atoms with Crippen molar-refractivity contribution in [3.8, 4) is 16.9 Å². The number of pyridine rings is 1. The summed E-state index contributed by atoms with van der Waals surface area (Å²) in [6.45, 7) is 5.59. The molecule has 0 radical (unpaired) electrons. The van der Waals surface area contributed by atoms with E-state index >= 15 is 0 Å². The van der Waals surface area contributed by atoms with Gasteiger partial charge < -0.3 is 9.64 Å². The van der Waals surface area contributed by atoms with Crippen LogP contribution in [0.2, 0.25) is 0 Å². The maximum Gasteiger partial charge on any atom is 0.222 e. The Labute approximate surface area is 166 Å². The molecule has 4 nitrogen and oxygen atoms in total. The van der Waals surface area contributed by atoms with Crippen molar-refractivity contribution in [2.75, 3.05) is 13.1 Å². The molecular weight excluding hydrogens is 348 g/mol. The standard InChI is InChI=1S/C24H26N2O2/c1-3-24(27)26-12-10-22(11-13-26)28-21-7-4-18(5-8-21)19-6-9-23-17(2)15-25-16-20(23)14-19/h4-9,14-16,22H,3,10-13H2,1-2H3. The van der Waals surface area contributed by atoms with Gasteiger partial charge in [0.05, 0.1) is 0 Å². The monoisotopic (exact) mass is 374 g/mol.